The van der Waals surface area contributed by atoms with Gasteiger partial charge in [-0.05, 0) is 36.3 Å². The maximum absolute atomic E-state index is 12.5. The van der Waals surface area contributed by atoms with Crippen molar-refractivity contribution in [2.45, 2.75) is 24.9 Å². The van der Waals surface area contributed by atoms with Gasteiger partial charge in [0.05, 0.1) is 12.6 Å². The molecule has 1 saturated heterocycles. The van der Waals surface area contributed by atoms with Gasteiger partial charge >= 0.3 is 16.4 Å². The first-order valence-electron chi connectivity index (χ1n) is 8.56. The molecule has 5 N–H and O–H groups in total. The Morgan fingerprint density at radius 1 is 1.43 bits per heavy atom. The molecule has 0 radical (unpaired) electrons. The zero-order valence-electron chi connectivity index (χ0n) is 14.7. The van der Waals surface area contributed by atoms with Crippen molar-refractivity contribution in [2.24, 2.45) is 17.6 Å². The van der Waals surface area contributed by atoms with Gasteiger partial charge in [0.1, 0.15) is 6.04 Å². The molecule has 0 aromatic carbocycles. The van der Waals surface area contributed by atoms with Crippen LogP contribution in [0.1, 0.15) is 24.4 Å². The van der Waals surface area contributed by atoms with Gasteiger partial charge in [0.15, 0.2) is 0 Å². The van der Waals surface area contributed by atoms with Crippen LogP contribution in [0, 0.1) is 11.8 Å². The Kier molecular flexibility index (Phi) is 6.10. The smallest absolute Gasteiger partial charge is 0.322 e. The topological polar surface area (TPSA) is 173 Å². The number of nitrogens with one attached hydrogen (secondary N) is 2. The predicted octanol–water partition coefficient (Wildman–Crippen LogP) is -0.716. The summed E-state index contributed by atoms with van der Waals surface area (Å²) in [5.74, 6) is -0.284. The summed E-state index contributed by atoms with van der Waals surface area (Å²) in [6.45, 7) is 0.228. The second-order valence-electron chi connectivity index (χ2n) is 6.67. The number of pyridine rings is 1. The molecule has 1 aliphatic heterocycles. The van der Waals surface area contributed by atoms with Crippen molar-refractivity contribution in [3.63, 3.8) is 0 Å². The van der Waals surface area contributed by atoms with Crippen molar-refractivity contribution in [1.82, 2.24) is 20.8 Å². The van der Waals surface area contributed by atoms with Crippen LogP contribution in [0.15, 0.2) is 24.5 Å². The summed E-state index contributed by atoms with van der Waals surface area (Å²) in [7, 11) is -4.85. The molecule has 12 nitrogen and oxygen atoms in total. The number of rotatable bonds is 7. The number of amides is 3. The van der Waals surface area contributed by atoms with E-state index in [1.54, 1.807) is 30.0 Å². The van der Waals surface area contributed by atoms with Crippen molar-refractivity contribution in [3.05, 3.63) is 30.1 Å². The van der Waals surface area contributed by atoms with Gasteiger partial charge in [0.2, 0.25) is 0 Å². The Labute approximate surface area is 161 Å². The lowest BCUT2D eigenvalue weighted by Gasteiger charge is -2.33. The number of piperidine rings is 1. The molecule has 4 atom stereocenters. The van der Waals surface area contributed by atoms with Crippen LogP contribution in [0.3, 0.4) is 0 Å². The van der Waals surface area contributed by atoms with Crippen molar-refractivity contribution >= 4 is 22.3 Å². The van der Waals surface area contributed by atoms with Crippen LogP contribution >= 0.6 is 0 Å². The number of hydrogen-bond donors (Lipinski definition) is 4. The summed E-state index contributed by atoms with van der Waals surface area (Å²) < 4.78 is 33.7. The fourth-order valence-corrected chi connectivity index (χ4v) is 3.51. The van der Waals surface area contributed by atoms with Gasteiger partial charge in [-0.1, -0.05) is 6.07 Å². The highest BCUT2D eigenvalue weighted by molar-refractivity contribution is 7.80. The minimum atomic E-state index is -4.85. The Morgan fingerprint density at radius 3 is 2.89 bits per heavy atom. The first kappa shape index (κ1) is 20.4. The number of urea groups is 1. The molecule has 1 aromatic heterocycles. The molecular weight excluding hydrogens is 394 g/mol. The van der Waals surface area contributed by atoms with E-state index in [4.69, 9.17) is 15.1 Å². The SMILES string of the molecule is NC(CONC(=O)[C@@H]1C2CC2CCN1C(=O)NOS(=O)(=O)O)c1cccnc1. The molecule has 1 saturated carbocycles. The van der Waals surface area contributed by atoms with E-state index in [1.807, 2.05) is 0 Å². The molecule has 0 bridgehead atoms. The highest BCUT2D eigenvalue weighted by Crippen LogP contribution is 2.48. The van der Waals surface area contributed by atoms with Crippen LogP contribution < -0.4 is 16.7 Å². The van der Waals surface area contributed by atoms with Gasteiger partial charge in [-0.15, -0.1) is 4.28 Å². The average Bonchev–Trinajstić information content (AvgIpc) is 3.44. The standard InChI is InChI=1S/C15H21N5O7S/c16-12(10-2-1-4-17-7-10)8-26-18-14(21)13-11-6-9(11)3-5-20(13)15(22)19-27-28(23,24)25/h1-2,4,7,9,11-13H,3,5-6,8,16H2,(H,18,21)(H,19,22)(H,23,24,25)/t9?,11?,12?,13-/m0/s1. The number of nitrogens with zero attached hydrogens (tertiary/aromatic N) is 2. The fourth-order valence-electron chi connectivity index (χ4n) is 3.33. The summed E-state index contributed by atoms with van der Waals surface area (Å²) in [6, 6.07) is 1.21. The molecule has 2 heterocycles. The molecule has 28 heavy (non-hydrogen) atoms. The third-order valence-electron chi connectivity index (χ3n) is 4.77. The van der Waals surface area contributed by atoms with Crippen LogP contribution in [0.4, 0.5) is 4.79 Å². The molecule has 13 heteroatoms. The summed E-state index contributed by atoms with van der Waals surface area (Å²) in [5, 5.41) is 0. The Balaban J connectivity index is 1.54. The lowest BCUT2D eigenvalue weighted by Crippen LogP contribution is -2.56. The summed E-state index contributed by atoms with van der Waals surface area (Å²) in [5.41, 5.74) is 10.6. The van der Waals surface area contributed by atoms with E-state index in [2.05, 4.69) is 14.7 Å². The monoisotopic (exact) mass is 415 g/mol. The Morgan fingerprint density at radius 2 is 2.21 bits per heavy atom. The first-order chi connectivity index (χ1) is 13.3. The largest absolute Gasteiger partial charge is 0.418 e. The minimum absolute atomic E-state index is 0.00366. The van der Waals surface area contributed by atoms with Crippen LogP contribution in [-0.4, -0.2) is 54.0 Å². The summed E-state index contributed by atoms with van der Waals surface area (Å²) in [6.07, 6.45) is 4.66. The van der Waals surface area contributed by atoms with Crippen LogP contribution in [0.25, 0.3) is 0 Å². The average molecular weight is 415 g/mol. The molecule has 3 unspecified atom stereocenters. The third kappa shape index (κ3) is 5.14. The van der Waals surface area contributed by atoms with E-state index in [-0.39, 0.29) is 19.1 Å². The third-order valence-corrected chi connectivity index (χ3v) is 5.07. The second-order valence-corrected chi connectivity index (χ2v) is 7.70. The van der Waals surface area contributed by atoms with E-state index >= 15 is 0 Å². The maximum Gasteiger partial charge on any atom is 0.418 e. The Hall–Kier alpha value is -2.32. The predicted molar refractivity (Wildman–Crippen MR) is 93.1 cm³/mol. The van der Waals surface area contributed by atoms with Gasteiger partial charge in [0.25, 0.3) is 5.91 Å². The molecule has 1 aliphatic carbocycles. The highest BCUT2D eigenvalue weighted by Gasteiger charge is 2.53. The fraction of sp³-hybridized carbons (Fsp3) is 0.533. The highest BCUT2D eigenvalue weighted by atomic mass is 32.3. The number of carbonyl (C=O) groups is 2. The van der Waals surface area contributed by atoms with E-state index in [1.165, 1.54) is 0 Å². The number of likely N-dealkylation sites (tertiary alicyclic amines) is 1. The Bertz CT molecular complexity index is 821. The lowest BCUT2D eigenvalue weighted by atomic mass is 10.0. The number of fused-ring (bicyclic) bond motifs is 1. The molecule has 3 rings (SSSR count). The first-order valence-corrected chi connectivity index (χ1v) is 9.92. The van der Waals surface area contributed by atoms with Gasteiger partial charge in [-0.25, -0.2) is 10.3 Å². The zero-order valence-corrected chi connectivity index (χ0v) is 15.5. The summed E-state index contributed by atoms with van der Waals surface area (Å²) >= 11 is 0. The number of nitrogens with two attached hydrogens (primary N) is 1. The van der Waals surface area contributed by atoms with E-state index in [9.17, 15) is 18.0 Å². The van der Waals surface area contributed by atoms with E-state index in [0.717, 1.165) is 16.9 Å². The van der Waals surface area contributed by atoms with Crippen LogP contribution in [0.2, 0.25) is 0 Å². The van der Waals surface area contributed by atoms with Crippen molar-refractivity contribution in [2.75, 3.05) is 13.2 Å². The van der Waals surface area contributed by atoms with Gasteiger partial charge in [0, 0.05) is 18.9 Å². The van der Waals surface area contributed by atoms with Crippen molar-refractivity contribution in [3.8, 4) is 0 Å². The normalized spacial score (nSPS) is 24.8. The number of aromatic nitrogens is 1. The van der Waals surface area contributed by atoms with Gasteiger partial charge in [-0.3, -0.25) is 19.2 Å². The molecule has 0 spiro atoms. The molecule has 1 aromatic rings. The quantitative estimate of drug-likeness (QED) is 0.331. The van der Waals surface area contributed by atoms with E-state index in [0.29, 0.717) is 12.3 Å². The lowest BCUT2D eigenvalue weighted by molar-refractivity contribution is -0.140. The van der Waals surface area contributed by atoms with Crippen molar-refractivity contribution in [1.29, 1.82) is 0 Å². The molecule has 2 fully saturated rings. The summed E-state index contributed by atoms with van der Waals surface area (Å²) in [4.78, 5) is 35.0. The zero-order chi connectivity index (χ0) is 20.3. The number of hydroxylamine groups is 2. The van der Waals surface area contributed by atoms with E-state index < -0.39 is 34.4 Å². The second kappa shape index (κ2) is 8.36. The maximum atomic E-state index is 12.5. The molecular formula is C15H21N5O7S. The van der Waals surface area contributed by atoms with Crippen LogP contribution in [-0.2, 0) is 24.3 Å². The molecule has 154 valence electrons. The minimum Gasteiger partial charge on any atom is -0.322 e. The van der Waals surface area contributed by atoms with Crippen LogP contribution in [0.5, 0.6) is 0 Å². The number of hydrogen-bond acceptors (Lipinski definition) is 8. The van der Waals surface area contributed by atoms with Gasteiger partial charge in [-0.2, -0.15) is 13.9 Å². The molecule has 3 amide bonds. The number of carbonyl (C=O) groups excluding carboxylic acids is 2. The molecule has 2 aliphatic rings. The van der Waals surface area contributed by atoms with Crippen molar-refractivity contribution < 1.29 is 31.7 Å². The van der Waals surface area contributed by atoms with Gasteiger partial charge < -0.3 is 10.6 Å².